The molecule has 0 saturated heterocycles. The molecule has 0 amide bonds. The highest BCUT2D eigenvalue weighted by Gasteiger charge is 2.04. The molecule has 0 aliphatic rings. The summed E-state index contributed by atoms with van der Waals surface area (Å²) >= 11 is 0. The Balaban J connectivity index is 3.34. The smallest absolute Gasteiger partial charge is 0.0558 e. The molecule has 0 aromatic carbocycles. The zero-order chi connectivity index (χ0) is 20.5. The summed E-state index contributed by atoms with van der Waals surface area (Å²) in [5.41, 5.74) is 0. The number of aliphatic hydroxyl groups excluding tert-OH is 1. The van der Waals surface area contributed by atoms with E-state index < -0.39 is 0 Å². The second-order valence-electron chi connectivity index (χ2n) is 8.48. The van der Waals surface area contributed by atoms with E-state index in [0.717, 1.165) is 39.3 Å². The average Bonchev–Trinajstić information content (AvgIpc) is 2.70. The Kier molecular flexibility index (Phi) is 24.8. The van der Waals surface area contributed by atoms with Crippen molar-refractivity contribution in [1.82, 2.24) is 4.90 Å². The molecule has 0 atom stereocenters. The van der Waals surface area contributed by atoms with E-state index in [1.54, 1.807) is 0 Å². The monoisotopic (exact) mass is 399 g/mol. The molecule has 28 heavy (non-hydrogen) atoms. The molecule has 1 N–H and O–H groups in total. The van der Waals surface area contributed by atoms with Crippen LogP contribution in [0.3, 0.4) is 0 Å². The molecule has 0 heterocycles. The summed E-state index contributed by atoms with van der Waals surface area (Å²) in [5, 5.41) is 9.25. The van der Waals surface area contributed by atoms with Crippen LogP contribution >= 0.6 is 0 Å². The Hall–Kier alpha value is -0.120. The fraction of sp³-hybridized carbons (Fsp3) is 1.00. The molecule has 0 radical (unpaired) electrons. The molecule has 0 rings (SSSR count). The topological polar surface area (TPSA) is 32.7 Å². The van der Waals surface area contributed by atoms with Crippen molar-refractivity contribution in [2.75, 3.05) is 39.5 Å². The van der Waals surface area contributed by atoms with Gasteiger partial charge in [0.2, 0.25) is 0 Å². The van der Waals surface area contributed by atoms with E-state index in [1.165, 1.54) is 103 Å². The van der Waals surface area contributed by atoms with Crippen LogP contribution in [0, 0.1) is 0 Å². The number of rotatable bonds is 24. The number of ether oxygens (including phenoxy) is 1. The molecule has 0 saturated carbocycles. The Morgan fingerprint density at radius 1 is 0.500 bits per heavy atom. The minimum atomic E-state index is 0.273. The van der Waals surface area contributed by atoms with E-state index in [9.17, 15) is 5.11 Å². The zero-order valence-electron chi connectivity index (χ0n) is 19.6. The van der Waals surface area contributed by atoms with Crippen molar-refractivity contribution in [3.63, 3.8) is 0 Å². The first-order valence-electron chi connectivity index (χ1n) is 12.8. The first-order chi connectivity index (χ1) is 13.8. The molecule has 0 unspecified atom stereocenters. The molecule has 0 aliphatic carbocycles. The molecule has 0 aromatic heterocycles. The van der Waals surface area contributed by atoms with Gasteiger partial charge in [0, 0.05) is 26.3 Å². The van der Waals surface area contributed by atoms with Gasteiger partial charge in [0.25, 0.3) is 0 Å². The van der Waals surface area contributed by atoms with Gasteiger partial charge in [0.15, 0.2) is 0 Å². The summed E-state index contributed by atoms with van der Waals surface area (Å²) < 4.78 is 5.81. The van der Waals surface area contributed by atoms with E-state index in [0.29, 0.717) is 0 Å². The van der Waals surface area contributed by atoms with Crippen LogP contribution in [0.15, 0.2) is 0 Å². The maximum atomic E-state index is 9.25. The highest BCUT2D eigenvalue weighted by atomic mass is 16.5. The average molecular weight is 400 g/mol. The lowest BCUT2D eigenvalue weighted by Gasteiger charge is -2.21. The Morgan fingerprint density at radius 3 is 1.46 bits per heavy atom. The number of hydrogen-bond donors (Lipinski definition) is 1. The van der Waals surface area contributed by atoms with E-state index in [2.05, 4.69) is 18.7 Å². The largest absolute Gasteiger partial charge is 0.395 e. The van der Waals surface area contributed by atoms with Gasteiger partial charge in [-0.1, -0.05) is 104 Å². The molecule has 0 aliphatic heterocycles. The highest BCUT2D eigenvalue weighted by molar-refractivity contribution is 4.58. The minimum absolute atomic E-state index is 0.273. The lowest BCUT2D eigenvalue weighted by atomic mass is 10.1. The predicted molar refractivity (Wildman–Crippen MR) is 124 cm³/mol. The lowest BCUT2D eigenvalue weighted by molar-refractivity contribution is 0.112. The summed E-state index contributed by atoms with van der Waals surface area (Å²) in [4.78, 5) is 2.41. The summed E-state index contributed by atoms with van der Waals surface area (Å²) in [5.74, 6) is 0. The van der Waals surface area contributed by atoms with Crippen molar-refractivity contribution in [3.8, 4) is 0 Å². The molecule has 0 spiro atoms. The van der Waals surface area contributed by atoms with Crippen molar-refractivity contribution < 1.29 is 9.84 Å². The molecular formula is C25H53NO2. The summed E-state index contributed by atoms with van der Waals surface area (Å²) in [6.07, 6.45) is 22.9. The van der Waals surface area contributed by atoms with Gasteiger partial charge < -0.3 is 14.7 Å². The SMILES string of the molecule is CCCCCCCCCCCCOCCCN(CCO)CCCCCCCC. The number of nitrogens with zero attached hydrogens (tertiary/aromatic N) is 1. The third kappa shape index (κ3) is 22.2. The van der Waals surface area contributed by atoms with Crippen LogP contribution < -0.4 is 0 Å². The fourth-order valence-corrected chi connectivity index (χ4v) is 3.78. The van der Waals surface area contributed by atoms with Crippen LogP contribution in [-0.2, 0) is 4.74 Å². The number of aliphatic hydroxyl groups is 1. The van der Waals surface area contributed by atoms with Crippen molar-refractivity contribution in [2.45, 2.75) is 123 Å². The van der Waals surface area contributed by atoms with Crippen molar-refractivity contribution in [3.05, 3.63) is 0 Å². The predicted octanol–water partition coefficient (Wildman–Crippen LogP) is 6.97. The van der Waals surface area contributed by atoms with Gasteiger partial charge >= 0.3 is 0 Å². The molecule has 3 nitrogen and oxygen atoms in total. The Morgan fingerprint density at radius 2 is 0.929 bits per heavy atom. The maximum absolute atomic E-state index is 9.25. The lowest BCUT2D eigenvalue weighted by Crippen LogP contribution is -2.29. The van der Waals surface area contributed by atoms with Crippen LogP contribution in [0.1, 0.15) is 123 Å². The van der Waals surface area contributed by atoms with Crippen molar-refractivity contribution in [2.24, 2.45) is 0 Å². The summed E-state index contributed by atoms with van der Waals surface area (Å²) in [7, 11) is 0. The molecule has 0 aromatic rings. The normalized spacial score (nSPS) is 11.6. The van der Waals surface area contributed by atoms with Crippen LogP contribution in [0.2, 0.25) is 0 Å². The second kappa shape index (κ2) is 24.9. The molecule has 0 bridgehead atoms. The molecule has 0 fully saturated rings. The zero-order valence-corrected chi connectivity index (χ0v) is 19.6. The van der Waals surface area contributed by atoms with E-state index in [1.807, 2.05) is 0 Å². The van der Waals surface area contributed by atoms with Crippen LogP contribution in [0.25, 0.3) is 0 Å². The van der Waals surface area contributed by atoms with Gasteiger partial charge in [0.1, 0.15) is 0 Å². The second-order valence-corrected chi connectivity index (χ2v) is 8.48. The van der Waals surface area contributed by atoms with E-state index in [4.69, 9.17) is 4.74 Å². The third-order valence-corrected chi connectivity index (χ3v) is 5.65. The molecule has 3 heteroatoms. The van der Waals surface area contributed by atoms with Crippen molar-refractivity contribution in [1.29, 1.82) is 0 Å². The van der Waals surface area contributed by atoms with Gasteiger partial charge in [-0.05, 0) is 25.8 Å². The van der Waals surface area contributed by atoms with Gasteiger partial charge in [-0.2, -0.15) is 0 Å². The van der Waals surface area contributed by atoms with Crippen LogP contribution in [0.5, 0.6) is 0 Å². The van der Waals surface area contributed by atoms with Crippen molar-refractivity contribution >= 4 is 0 Å². The van der Waals surface area contributed by atoms with E-state index in [-0.39, 0.29) is 6.61 Å². The first kappa shape index (κ1) is 27.9. The molecule has 170 valence electrons. The molecular weight excluding hydrogens is 346 g/mol. The fourth-order valence-electron chi connectivity index (χ4n) is 3.78. The third-order valence-electron chi connectivity index (χ3n) is 5.65. The summed E-state index contributed by atoms with van der Waals surface area (Å²) in [6, 6.07) is 0. The van der Waals surface area contributed by atoms with Gasteiger partial charge in [-0.3, -0.25) is 0 Å². The minimum Gasteiger partial charge on any atom is -0.395 e. The first-order valence-corrected chi connectivity index (χ1v) is 12.8. The van der Waals surface area contributed by atoms with Gasteiger partial charge in [-0.25, -0.2) is 0 Å². The van der Waals surface area contributed by atoms with Crippen LogP contribution in [0.4, 0.5) is 0 Å². The van der Waals surface area contributed by atoms with Crippen LogP contribution in [-0.4, -0.2) is 49.5 Å². The maximum Gasteiger partial charge on any atom is 0.0558 e. The van der Waals surface area contributed by atoms with Gasteiger partial charge in [-0.15, -0.1) is 0 Å². The number of unbranched alkanes of at least 4 members (excludes halogenated alkanes) is 14. The summed E-state index contributed by atoms with van der Waals surface area (Å²) in [6.45, 7) is 9.62. The Bertz CT molecular complexity index is 273. The Labute approximate surface area is 177 Å². The standard InChI is InChI=1S/C25H53NO2/c1-3-5-7-9-11-12-13-14-16-18-24-28-25-19-21-26(22-23-27)20-17-15-10-8-6-4-2/h27H,3-25H2,1-2H3. The quantitative estimate of drug-likeness (QED) is 0.178. The highest BCUT2D eigenvalue weighted by Crippen LogP contribution is 2.10. The van der Waals surface area contributed by atoms with Gasteiger partial charge in [0.05, 0.1) is 6.61 Å². The number of hydrogen-bond acceptors (Lipinski definition) is 3. The van der Waals surface area contributed by atoms with E-state index >= 15 is 0 Å².